The van der Waals surface area contributed by atoms with Gasteiger partial charge in [-0.15, -0.1) is 0 Å². The van der Waals surface area contributed by atoms with Crippen LogP contribution in [-0.2, 0) is 20.9 Å². The van der Waals surface area contributed by atoms with Crippen molar-refractivity contribution < 1.29 is 23.9 Å². The lowest BCUT2D eigenvalue weighted by atomic mass is 10.0. The fraction of sp³-hybridized carbons (Fsp3) is 0.500. The Morgan fingerprint density at radius 2 is 1.87 bits per heavy atom. The molecule has 2 rings (SSSR count). The molecule has 1 aromatic rings. The van der Waals surface area contributed by atoms with Crippen molar-refractivity contribution in [2.75, 3.05) is 19.6 Å². The molecule has 0 bridgehead atoms. The quantitative estimate of drug-likeness (QED) is 0.432. The number of nitrogens with zero attached hydrogens (tertiary/aromatic N) is 1. The van der Waals surface area contributed by atoms with E-state index in [1.807, 2.05) is 44.2 Å². The first kappa shape index (κ1) is 23.0. The maximum absolute atomic E-state index is 12.8. The van der Waals surface area contributed by atoms with Crippen LogP contribution in [0.2, 0.25) is 0 Å². The van der Waals surface area contributed by atoms with Gasteiger partial charge in [0.25, 0.3) is 0 Å². The van der Waals surface area contributed by atoms with Gasteiger partial charge in [0, 0.05) is 13.1 Å². The summed E-state index contributed by atoms with van der Waals surface area (Å²) in [5.41, 5.74) is 6.21. The lowest BCUT2D eigenvalue weighted by molar-refractivity contribution is -0.129. The summed E-state index contributed by atoms with van der Waals surface area (Å²) < 4.78 is 5.18. The molecule has 0 aromatic heterocycles. The Balaban J connectivity index is 1.95. The maximum atomic E-state index is 12.8. The van der Waals surface area contributed by atoms with Crippen molar-refractivity contribution >= 4 is 23.9 Å². The fourth-order valence-electron chi connectivity index (χ4n) is 2.99. The van der Waals surface area contributed by atoms with Crippen LogP contribution in [-0.4, -0.2) is 60.6 Å². The Labute approximate surface area is 175 Å². The predicted molar refractivity (Wildman–Crippen MR) is 109 cm³/mol. The van der Waals surface area contributed by atoms with Crippen molar-refractivity contribution in [3.63, 3.8) is 0 Å². The summed E-state index contributed by atoms with van der Waals surface area (Å²) in [5, 5.41) is 7.71. The van der Waals surface area contributed by atoms with Crippen molar-refractivity contribution in [2.45, 2.75) is 39.0 Å². The molecule has 0 aliphatic carbocycles. The van der Waals surface area contributed by atoms with E-state index in [1.165, 1.54) is 4.90 Å². The van der Waals surface area contributed by atoms with Gasteiger partial charge in [-0.25, -0.2) is 9.59 Å². The molecule has 164 valence electrons. The Morgan fingerprint density at radius 3 is 2.43 bits per heavy atom. The van der Waals surface area contributed by atoms with Crippen molar-refractivity contribution in [2.24, 2.45) is 11.7 Å². The van der Waals surface area contributed by atoms with E-state index >= 15 is 0 Å². The van der Waals surface area contributed by atoms with Gasteiger partial charge in [-0.05, 0) is 17.9 Å². The Kier molecular flexibility index (Phi) is 8.45. The van der Waals surface area contributed by atoms with Gasteiger partial charge in [0.05, 0.1) is 6.54 Å². The summed E-state index contributed by atoms with van der Waals surface area (Å²) in [4.78, 5) is 49.8. The smallest absolute Gasteiger partial charge is 0.408 e. The minimum atomic E-state index is -1.07. The molecule has 1 fully saturated rings. The van der Waals surface area contributed by atoms with Gasteiger partial charge >= 0.3 is 12.1 Å². The average molecular weight is 419 g/mol. The summed E-state index contributed by atoms with van der Waals surface area (Å²) in [6, 6.07) is 6.84. The van der Waals surface area contributed by atoms with Gasteiger partial charge < -0.3 is 31.3 Å². The average Bonchev–Trinajstić information content (AvgIpc) is 3.10. The number of primary amides is 1. The second-order valence-electron chi connectivity index (χ2n) is 7.53. The van der Waals surface area contributed by atoms with E-state index in [-0.39, 0.29) is 25.1 Å². The van der Waals surface area contributed by atoms with Gasteiger partial charge in [0.1, 0.15) is 18.7 Å². The summed E-state index contributed by atoms with van der Waals surface area (Å²) in [6.45, 7) is 4.70. The summed E-state index contributed by atoms with van der Waals surface area (Å²) in [6.07, 6.45) is -0.406. The molecule has 1 aliphatic heterocycles. The van der Waals surface area contributed by atoms with Gasteiger partial charge in [0.2, 0.25) is 11.8 Å². The number of carbonyl (C=O) groups is 4. The number of hydrogen-bond acceptors (Lipinski definition) is 5. The van der Waals surface area contributed by atoms with Gasteiger partial charge in [-0.2, -0.15) is 0 Å². The van der Waals surface area contributed by atoms with Crippen LogP contribution in [0.25, 0.3) is 0 Å². The van der Waals surface area contributed by atoms with E-state index in [9.17, 15) is 19.2 Å². The van der Waals surface area contributed by atoms with Gasteiger partial charge in [-0.1, -0.05) is 44.2 Å². The highest BCUT2D eigenvalue weighted by Crippen LogP contribution is 2.08. The third-order valence-corrected chi connectivity index (χ3v) is 4.54. The van der Waals surface area contributed by atoms with Gasteiger partial charge in [0.15, 0.2) is 0 Å². The minimum absolute atomic E-state index is 0.0419. The predicted octanol–water partition coefficient (Wildman–Crippen LogP) is 0.323. The van der Waals surface area contributed by atoms with E-state index in [1.54, 1.807) is 0 Å². The van der Waals surface area contributed by atoms with Crippen molar-refractivity contribution in [3.8, 4) is 0 Å². The number of carbonyl (C=O) groups excluding carboxylic acids is 4. The number of nitrogens with two attached hydrogens (primary N) is 1. The molecule has 1 aromatic carbocycles. The molecular formula is C20H29N5O5. The molecule has 30 heavy (non-hydrogen) atoms. The molecule has 1 aliphatic rings. The van der Waals surface area contributed by atoms with Crippen LogP contribution in [0.4, 0.5) is 9.59 Å². The molecular weight excluding hydrogens is 390 g/mol. The largest absolute Gasteiger partial charge is 0.445 e. The van der Waals surface area contributed by atoms with Crippen LogP contribution in [0.3, 0.4) is 0 Å². The number of amides is 5. The number of alkyl carbamates (subject to hydrolysis) is 1. The number of nitrogens with one attached hydrogen (secondary N) is 3. The summed E-state index contributed by atoms with van der Waals surface area (Å²) in [5.74, 6) is -1.24. The van der Waals surface area contributed by atoms with Crippen LogP contribution in [0.15, 0.2) is 30.3 Å². The highest BCUT2D eigenvalue weighted by molar-refractivity contribution is 5.91. The SMILES string of the molecule is CC(C)CC(NC(=O)OCc1ccccc1)C(=O)NC(CN1CCNC1=O)C(N)=O. The minimum Gasteiger partial charge on any atom is -0.445 e. The van der Waals surface area contributed by atoms with Crippen LogP contribution >= 0.6 is 0 Å². The second kappa shape index (κ2) is 11.0. The third-order valence-electron chi connectivity index (χ3n) is 4.54. The van der Waals surface area contributed by atoms with E-state index in [4.69, 9.17) is 10.5 Å². The molecule has 0 saturated carbocycles. The number of urea groups is 1. The monoisotopic (exact) mass is 419 g/mol. The van der Waals surface area contributed by atoms with E-state index in [0.29, 0.717) is 19.5 Å². The highest BCUT2D eigenvalue weighted by Gasteiger charge is 2.30. The van der Waals surface area contributed by atoms with Crippen LogP contribution in [0.1, 0.15) is 25.8 Å². The first-order valence-electron chi connectivity index (χ1n) is 9.86. The van der Waals surface area contributed by atoms with E-state index in [2.05, 4.69) is 16.0 Å². The zero-order valence-electron chi connectivity index (χ0n) is 17.2. The Bertz CT molecular complexity index is 755. The Hall–Kier alpha value is -3.30. The fourth-order valence-corrected chi connectivity index (χ4v) is 2.99. The lowest BCUT2D eigenvalue weighted by Crippen LogP contribution is -2.56. The van der Waals surface area contributed by atoms with Crippen LogP contribution in [0, 0.1) is 5.92 Å². The number of benzene rings is 1. The first-order chi connectivity index (χ1) is 14.3. The number of ether oxygens (including phenoxy) is 1. The van der Waals surface area contributed by atoms with E-state index in [0.717, 1.165) is 5.56 Å². The van der Waals surface area contributed by atoms with Crippen molar-refractivity contribution in [3.05, 3.63) is 35.9 Å². The standard InChI is InChI=1S/C20H29N5O5/c1-13(2)10-15(24-20(29)30-12-14-6-4-3-5-7-14)18(27)23-16(17(21)26)11-25-9-8-22-19(25)28/h3-7,13,15-16H,8-12H2,1-2H3,(H2,21,26)(H,22,28)(H,23,27)(H,24,29). The molecule has 5 amide bonds. The summed E-state index contributed by atoms with van der Waals surface area (Å²) >= 11 is 0. The molecule has 0 spiro atoms. The number of rotatable bonds is 10. The van der Waals surface area contributed by atoms with Crippen molar-refractivity contribution in [1.82, 2.24) is 20.9 Å². The first-order valence-corrected chi connectivity index (χ1v) is 9.86. The molecule has 2 unspecified atom stereocenters. The number of hydrogen-bond donors (Lipinski definition) is 4. The molecule has 2 atom stereocenters. The molecule has 10 heteroatoms. The summed E-state index contributed by atoms with van der Waals surface area (Å²) in [7, 11) is 0. The highest BCUT2D eigenvalue weighted by atomic mass is 16.5. The van der Waals surface area contributed by atoms with Gasteiger partial charge in [-0.3, -0.25) is 9.59 Å². The zero-order valence-corrected chi connectivity index (χ0v) is 17.2. The molecule has 10 nitrogen and oxygen atoms in total. The Morgan fingerprint density at radius 1 is 1.17 bits per heavy atom. The third kappa shape index (κ3) is 7.26. The van der Waals surface area contributed by atoms with Crippen LogP contribution < -0.4 is 21.7 Å². The van der Waals surface area contributed by atoms with Crippen molar-refractivity contribution in [1.29, 1.82) is 0 Å². The van der Waals surface area contributed by atoms with E-state index < -0.39 is 30.0 Å². The molecule has 0 radical (unpaired) electrons. The lowest BCUT2D eigenvalue weighted by Gasteiger charge is -2.25. The maximum Gasteiger partial charge on any atom is 0.408 e. The topological polar surface area (TPSA) is 143 Å². The normalized spacial score (nSPS) is 15.3. The molecule has 1 saturated heterocycles. The zero-order chi connectivity index (χ0) is 22.1. The van der Waals surface area contributed by atoms with Crippen LogP contribution in [0.5, 0.6) is 0 Å². The molecule has 1 heterocycles. The molecule has 5 N–H and O–H groups in total. The second-order valence-corrected chi connectivity index (χ2v) is 7.53.